The summed E-state index contributed by atoms with van der Waals surface area (Å²) >= 11 is 0. The van der Waals surface area contributed by atoms with E-state index >= 15 is 0 Å². The Morgan fingerprint density at radius 1 is 1.00 bits per heavy atom. The van der Waals surface area contributed by atoms with Gasteiger partial charge in [-0.25, -0.2) is 0 Å². The van der Waals surface area contributed by atoms with Crippen molar-refractivity contribution >= 4 is 0 Å². The van der Waals surface area contributed by atoms with Gasteiger partial charge in [0.1, 0.15) is 0 Å². The van der Waals surface area contributed by atoms with Gasteiger partial charge in [0.2, 0.25) is 0 Å². The molecule has 2 heteroatoms. The molecule has 0 aliphatic rings. The first kappa shape index (κ1) is 15.9. The van der Waals surface area contributed by atoms with Gasteiger partial charge in [-0.1, -0.05) is 20.8 Å². The Hall–Kier alpha value is -0.0800. The Labute approximate surface area is 103 Å². The van der Waals surface area contributed by atoms with Gasteiger partial charge in [-0.2, -0.15) is 0 Å². The summed E-state index contributed by atoms with van der Waals surface area (Å²) in [5.41, 5.74) is 0.234. The van der Waals surface area contributed by atoms with Crippen LogP contribution < -0.4 is 5.32 Å². The predicted molar refractivity (Wildman–Crippen MR) is 74.0 cm³/mol. The molecule has 0 amide bonds. The zero-order valence-electron chi connectivity index (χ0n) is 12.3. The molecule has 0 aliphatic heterocycles. The second-order valence-electron chi connectivity index (χ2n) is 5.73. The zero-order valence-corrected chi connectivity index (χ0v) is 12.3. The van der Waals surface area contributed by atoms with Crippen molar-refractivity contribution in [2.24, 2.45) is 0 Å². The first-order valence-electron chi connectivity index (χ1n) is 6.93. The highest BCUT2D eigenvalue weighted by atomic mass is 15.2. The molecule has 16 heavy (non-hydrogen) atoms. The van der Waals surface area contributed by atoms with E-state index in [-0.39, 0.29) is 5.54 Å². The van der Waals surface area contributed by atoms with Crippen molar-refractivity contribution in [2.75, 3.05) is 19.6 Å². The minimum Gasteiger partial charge on any atom is -0.311 e. The van der Waals surface area contributed by atoms with Crippen molar-refractivity contribution in [3.63, 3.8) is 0 Å². The maximum atomic E-state index is 3.63. The molecule has 1 atom stereocenters. The van der Waals surface area contributed by atoms with E-state index < -0.39 is 0 Å². The van der Waals surface area contributed by atoms with E-state index in [0.717, 1.165) is 6.54 Å². The summed E-state index contributed by atoms with van der Waals surface area (Å²) in [6.45, 7) is 17.1. The van der Waals surface area contributed by atoms with Crippen LogP contribution in [0, 0.1) is 0 Å². The summed E-state index contributed by atoms with van der Waals surface area (Å²) < 4.78 is 0. The summed E-state index contributed by atoms with van der Waals surface area (Å²) in [7, 11) is 0. The van der Waals surface area contributed by atoms with Crippen molar-refractivity contribution in [3.8, 4) is 0 Å². The average molecular weight is 228 g/mol. The van der Waals surface area contributed by atoms with Gasteiger partial charge in [0, 0.05) is 18.1 Å². The molecule has 0 bridgehead atoms. The summed E-state index contributed by atoms with van der Waals surface area (Å²) in [5.74, 6) is 0. The largest absolute Gasteiger partial charge is 0.311 e. The molecule has 0 fully saturated rings. The smallest absolute Gasteiger partial charge is 0.0218 e. The number of hydrogen-bond acceptors (Lipinski definition) is 2. The number of nitrogens with one attached hydrogen (secondary N) is 1. The van der Waals surface area contributed by atoms with E-state index in [9.17, 15) is 0 Å². The molecule has 0 rings (SSSR count). The van der Waals surface area contributed by atoms with Crippen molar-refractivity contribution in [1.29, 1.82) is 0 Å². The summed E-state index contributed by atoms with van der Waals surface area (Å²) in [6.07, 6.45) is 3.75. The lowest BCUT2D eigenvalue weighted by Crippen LogP contribution is -2.47. The highest BCUT2D eigenvalue weighted by molar-refractivity contribution is 4.78. The molecule has 0 aromatic heterocycles. The lowest BCUT2D eigenvalue weighted by Gasteiger charge is -2.33. The van der Waals surface area contributed by atoms with E-state index in [1.54, 1.807) is 0 Å². The van der Waals surface area contributed by atoms with E-state index in [1.165, 1.54) is 32.4 Å². The zero-order chi connectivity index (χ0) is 12.6. The van der Waals surface area contributed by atoms with Crippen LogP contribution in [0.5, 0.6) is 0 Å². The predicted octanol–water partition coefficient (Wildman–Crippen LogP) is 3.28. The standard InChI is InChI=1S/C14H32N2/c1-7-10-16(11-8-2)13(9-3)12-15-14(4,5)6/h13,15H,7-12H2,1-6H3. The van der Waals surface area contributed by atoms with Crippen molar-refractivity contribution in [2.45, 2.75) is 72.4 Å². The first-order valence-corrected chi connectivity index (χ1v) is 6.93. The van der Waals surface area contributed by atoms with Gasteiger partial charge in [0.25, 0.3) is 0 Å². The number of nitrogens with zero attached hydrogens (tertiary/aromatic N) is 1. The van der Waals surface area contributed by atoms with E-state index in [4.69, 9.17) is 0 Å². The molecule has 98 valence electrons. The molecular formula is C14H32N2. The fourth-order valence-electron chi connectivity index (χ4n) is 2.01. The highest BCUT2D eigenvalue weighted by Gasteiger charge is 2.17. The summed E-state index contributed by atoms with van der Waals surface area (Å²) in [6, 6.07) is 0.694. The van der Waals surface area contributed by atoms with Gasteiger partial charge < -0.3 is 5.32 Å². The molecule has 1 N–H and O–H groups in total. The molecule has 0 aromatic carbocycles. The van der Waals surface area contributed by atoms with Crippen molar-refractivity contribution < 1.29 is 0 Å². The maximum Gasteiger partial charge on any atom is 0.0218 e. The second kappa shape index (κ2) is 8.08. The number of rotatable bonds is 8. The quantitative estimate of drug-likeness (QED) is 0.686. The van der Waals surface area contributed by atoms with Crippen molar-refractivity contribution in [1.82, 2.24) is 10.2 Å². The van der Waals surface area contributed by atoms with Gasteiger partial charge in [-0.15, -0.1) is 0 Å². The highest BCUT2D eigenvalue weighted by Crippen LogP contribution is 2.08. The van der Waals surface area contributed by atoms with Gasteiger partial charge in [-0.3, -0.25) is 4.90 Å². The van der Waals surface area contributed by atoms with Crippen LogP contribution in [-0.2, 0) is 0 Å². The van der Waals surface area contributed by atoms with E-state index in [1.807, 2.05) is 0 Å². The van der Waals surface area contributed by atoms with Crippen LogP contribution in [0.2, 0.25) is 0 Å². The SMILES string of the molecule is CCCN(CCC)C(CC)CNC(C)(C)C. The topological polar surface area (TPSA) is 15.3 Å². The van der Waals surface area contributed by atoms with Crippen LogP contribution in [0.25, 0.3) is 0 Å². The Morgan fingerprint density at radius 2 is 1.50 bits per heavy atom. The molecule has 0 saturated carbocycles. The van der Waals surface area contributed by atoms with Gasteiger partial charge in [0.15, 0.2) is 0 Å². The minimum absolute atomic E-state index is 0.234. The fraction of sp³-hybridized carbons (Fsp3) is 1.00. The third-order valence-corrected chi connectivity index (χ3v) is 2.88. The Balaban J connectivity index is 4.19. The normalized spacial score (nSPS) is 14.4. The van der Waals surface area contributed by atoms with Gasteiger partial charge in [-0.05, 0) is 53.1 Å². The molecule has 1 unspecified atom stereocenters. The third kappa shape index (κ3) is 7.24. The van der Waals surface area contributed by atoms with Crippen LogP contribution in [0.1, 0.15) is 60.8 Å². The summed E-state index contributed by atoms with van der Waals surface area (Å²) in [4.78, 5) is 2.64. The molecule has 0 spiro atoms. The molecule has 0 radical (unpaired) electrons. The third-order valence-electron chi connectivity index (χ3n) is 2.88. The Kier molecular flexibility index (Phi) is 8.04. The lowest BCUT2D eigenvalue weighted by atomic mass is 10.1. The van der Waals surface area contributed by atoms with Crippen LogP contribution >= 0.6 is 0 Å². The second-order valence-corrected chi connectivity index (χ2v) is 5.73. The van der Waals surface area contributed by atoms with Crippen LogP contribution in [0.4, 0.5) is 0 Å². The van der Waals surface area contributed by atoms with Gasteiger partial charge in [0.05, 0.1) is 0 Å². The van der Waals surface area contributed by atoms with E-state index in [0.29, 0.717) is 6.04 Å². The maximum absolute atomic E-state index is 3.63. The average Bonchev–Trinajstić information content (AvgIpc) is 2.17. The molecule has 0 saturated heterocycles. The lowest BCUT2D eigenvalue weighted by molar-refractivity contribution is 0.177. The van der Waals surface area contributed by atoms with Crippen LogP contribution in [0.3, 0.4) is 0 Å². The Bertz CT molecular complexity index is 155. The fourth-order valence-corrected chi connectivity index (χ4v) is 2.01. The molecule has 0 heterocycles. The van der Waals surface area contributed by atoms with Crippen LogP contribution in [-0.4, -0.2) is 36.1 Å². The molecule has 2 nitrogen and oxygen atoms in total. The first-order chi connectivity index (χ1) is 7.44. The molecule has 0 aliphatic carbocycles. The van der Waals surface area contributed by atoms with E-state index in [2.05, 4.69) is 51.8 Å². The minimum atomic E-state index is 0.234. The monoisotopic (exact) mass is 228 g/mol. The van der Waals surface area contributed by atoms with Gasteiger partial charge >= 0.3 is 0 Å². The van der Waals surface area contributed by atoms with Crippen molar-refractivity contribution in [3.05, 3.63) is 0 Å². The number of hydrogen-bond donors (Lipinski definition) is 1. The molecular weight excluding hydrogens is 196 g/mol. The molecule has 0 aromatic rings. The van der Waals surface area contributed by atoms with Crippen LogP contribution in [0.15, 0.2) is 0 Å². The Morgan fingerprint density at radius 3 is 1.81 bits per heavy atom. The summed E-state index contributed by atoms with van der Waals surface area (Å²) in [5, 5.41) is 3.63.